The molecule has 0 unspecified atom stereocenters. The molecule has 2 heterocycles. The van der Waals surface area contributed by atoms with Crippen LogP contribution in [0.1, 0.15) is 28.3 Å². The number of carbonyl (C=O) groups is 1. The van der Waals surface area contributed by atoms with Crippen molar-refractivity contribution in [3.8, 4) is 0 Å². The molecule has 7 nitrogen and oxygen atoms in total. The maximum atomic E-state index is 12.8. The summed E-state index contributed by atoms with van der Waals surface area (Å²) in [6, 6.07) is 1.62. The Bertz CT molecular complexity index is 577. The van der Waals surface area contributed by atoms with E-state index in [4.69, 9.17) is 5.11 Å². The molecule has 0 fully saturated rings. The number of aromatic carboxylic acids is 1. The Hall–Kier alpha value is -2.32. The standard InChI is InChI=1S/C9H9F2N5O2/c1-15-5(2-3-12-15)4-16-7(8(10)11)6(9(17)18)13-14-16/h2-3,8H,4H2,1H3,(H,17,18). The molecule has 0 atom stereocenters. The van der Waals surface area contributed by atoms with Gasteiger partial charge in [0.15, 0.2) is 5.69 Å². The molecule has 18 heavy (non-hydrogen) atoms. The second-order valence-corrected chi connectivity index (χ2v) is 3.53. The van der Waals surface area contributed by atoms with Crippen molar-refractivity contribution in [1.29, 1.82) is 0 Å². The van der Waals surface area contributed by atoms with Crippen molar-refractivity contribution in [3.05, 3.63) is 29.3 Å². The third kappa shape index (κ3) is 2.06. The van der Waals surface area contributed by atoms with Crippen molar-refractivity contribution < 1.29 is 18.7 Å². The first-order valence-electron chi connectivity index (χ1n) is 4.92. The number of carboxylic acids is 1. The number of rotatable bonds is 4. The lowest BCUT2D eigenvalue weighted by Gasteiger charge is -2.06. The Labute approximate surface area is 99.6 Å². The molecular weight excluding hydrogens is 248 g/mol. The summed E-state index contributed by atoms with van der Waals surface area (Å²) >= 11 is 0. The Balaban J connectivity index is 2.40. The molecule has 0 saturated carbocycles. The number of halogens is 2. The third-order valence-corrected chi connectivity index (χ3v) is 2.42. The predicted octanol–water partition coefficient (Wildman–Crippen LogP) is 0.696. The number of aryl methyl sites for hydroxylation is 1. The van der Waals surface area contributed by atoms with E-state index in [2.05, 4.69) is 15.4 Å². The first-order valence-corrected chi connectivity index (χ1v) is 4.92. The zero-order valence-electron chi connectivity index (χ0n) is 9.29. The van der Waals surface area contributed by atoms with Gasteiger partial charge in [-0.05, 0) is 6.07 Å². The number of nitrogens with zero attached hydrogens (tertiary/aromatic N) is 5. The molecule has 0 amide bonds. The smallest absolute Gasteiger partial charge is 0.358 e. The van der Waals surface area contributed by atoms with Gasteiger partial charge in [0.1, 0.15) is 5.69 Å². The van der Waals surface area contributed by atoms with Crippen LogP contribution < -0.4 is 0 Å². The van der Waals surface area contributed by atoms with Crippen molar-refractivity contribution >= 4 is 5.97 Å². The second kappa shape index (κ2) is 4.51. The van der Waals surface area contributed by atoms with Crippen molar-refractivity contribution in [2.75, 3.05) is 0 Å². The van der Waals surface area contributed by atoms with Gasteiger partial charge in [0.25, 0.3) is 6.43 Å². The molecule has 2 rings (SSSR count). The van der Waals surface area contributed by atoms with Crippen LogP contribution in [0.4, 0.5) is 8.78 Å². The number of aromatic nitrogens is 5. The molecule has 2 aromatic rings. The molecule has 0 aliphatic carbocycles. The van der Waals surface area contributed by atoms with Crippen LogP contribution in [0.3, 0.4) is 0 Å². The van der Waals surface area contributed by atoms with Crippen LogP contribution in [-0.2, 0) is 13.6 Å². The highest BCUT2D eigenvalue weighted by molar-refractivity contribution is 5.86. The number of carboxylic acid groups (broad SMARTS) is 1. The van der Waals surface area contributed by atoms with E-state index in [0.717, 1.165) is 4.68 Å². The van der Waals surface area contributed by atoms with Crippen LogP contribution in [0.5, 0.6) is 0 Å². The normalized spacial score (nSPS) is 11.1. The topological polar surface area (TPSA) is 85.8 Å². The van der Waals surface area contributed by atoms with Crippen LogP contribution in [0, 0.1) is 0 Å². The summed E-state index contributed by atoms with van der Waals surface area (Å²) in [6.45, 7) is -0.0174. The highest BCUT2D eigenvalue weighted by atomic mass is 19.3. The van der Waals surface area contributed by atoms with Crippen molar-refractivity contribution in [2.45, 2.75) is 13.0 Å². The summed E-state index contributed by atoms with van der Waals surface area (Å²) in [5.41, 5.74) is -0.824. The minimum atomic E-state index is -2.96. The van der Waals surface area contributed by atoms with Crippen molar-refractivity contribution in [1.82, 2.24) is 24.8 Å². The summed E-state index contributed by atoms with van der Waals surface area (Å²) in [4.78, 5) is 10.7. The lowest BCUT2D eigenvalue weighted by atomic mass is 10.3. The van der Waals surface area contributed by atoms with E-state index in [-0.39, 0.29) is 6.54 Å². The number of alkyl halides is 2. The quantitative estimate of drug-likeness (QED) is 0.871. The van der Waals surface area contributed by atoms with E-state index in [9.17, 15) is 13.6 Å². The fourth-order valence-electron chi connectivity index (χ4n) is 1.52. The van der Waals surface area contributed by atoms with Crippen molar-refractivity contribution in [3.63, 3.8) is 0 Å². The van der Waals surface area contributed by atoms with Crippen LogP contribution in [0.2, 0.25) is 0 Å². The minimum Gasteiger partial charge on any atom is -0.476 e. The van der Waals surface area contributed by atoms with Gasteiger partial charge in [-0.2, -0.15) is 5.10 Å². The summed E-state index contributed by atoms with van der Waals surface area (Å²) in [5, 5.41) is 19.3. The second-order valence-electron chi connectivity index (χ2n) is 3.53. The molecule has 0 aromatic carbocycles. The predicted molar refractivity (Wildman–Crippen MR) is 54.2 cm³/mol. The van der Waals surface area contributed by atoms with Gasteiger partial charge < -0.3 is 5.11 Å². The zero-order valence-corrected chi connectivity index (χ0v) is 9.29. The maximum absolute atomic E-state index is 12.8. The van der Waals surface area contributed by atoms with E-state index < -0.39 is 23.8 Å². The first-order chi connectivity index (χ1) is 8.50. The lowest BCUT2D eigenvalue weighted by molar-refractivity contribution is 0.0675. The molecule has 9 heteroatoms. The fourth-order valence-corrected chi connectivity index (χ4v) is 1.52. The summed E-state index contributed by atoms with van der Waals surface area (Å²) < 4.78 is 28.0. The van der Waals surface area contributed by atoms with Gasteiger partial charge in [-0.1, -0.05) is 5.21 Å². The van der Waals surface area contributed by atoms with Crippen LogP contribution in [0.25, 0.3) is 0 Å². The Morgan fingerprint density at radius 1 is 1.56 bits per heavy atom. The van der Waals surface area contributed by atoms with Gasteiger partial charge in [0.05, 0.1) is 12.2 Å². The lowest BCUT2D eigenvalue weighted by Crippen LogP contribution is -2.12. The summed E-state index contributed by atoms with van der Waals surface area (Å²) in [6.07, 6.45) is -1.45. The molecule has 0 spiro atoms. The first kappa shape index (κ1) is 12.1. The van der Waals surface area contributed by atoms with Gasteiger partial charge in [-0.15, -0.1) is 5.10 Å². The van der Waals surface area contributed by atoms with Crippen LogP contribution >= 0.6 is 0 Å². The summed E-state index contributed by atoms with van der Waals surface area (Å²) in [5.74, 6) is -1.53. The fraction of sp³-hybridized carbons (Fsp3) is 0.333. The minimum absolute atomic E-state index is 0.0174. The number of hydrogen-bond acceptors (Lipinski definition) is 4. The average Bonchev–Trinajstić information content (AvgIpc) is 2.86. The van der Waals surface area contributed by atoms with E-state index in [0.29, 0.717) is 5.69 Å². The zero-order chi connectivity index (χ0) is 13.3. The molecule has 0 radical (unpaired) electrons. The highest BCUT2D eigenvalue weighted by Crippen LogP contribution is 2.22. The van der Waals surface area contributed by atoms with Gasteiger partial charge in [-0.25, -0.2) is 18.3 Å². The maximum Gasteiger partial charge on any atom is 0.358 e. The average molecular weight is 257 g/mol. The highest BCUT2D eigenvalue weighted by Gasteiger charge is 2.26. The monoisotopic (exact) mass is 257 g/mol. The van der Waals surface area contributed by atoms with E-state index in [1.54, 1.807) is 13.1 Å². The van der Waals surface area contributed by atoms with Crippen LogP contribution in [0.15, 0.2) is 12.3 Å². The van der Waals surface area contributed by atoms with Crippen molar-refractivity contribution in [2.24, 2.45) is 7.05 Å². The third-order valence-electron chi connectivity index (χ3n) is 2.42. The molecule has 0 aliphatic rings. The molecule has 2 aromatic heterocycles. The van der Waals surface area contributed by atoms with Gasteiger partial charge in [0, 0.05) is 13.2 Å². The largest absolute Gasteiger partial charge is 0.476 e. The Kier molecular flexibility index (Phi) is 3.04. The van der Waals surface area contributed by atoms with Crippen LogP contribution in [-0.4, -0.2) is 35.9 Å². The molecule has 1 N–H and O–H groups in total. The molecule has 96 valence electrons. The van der Waals surface area contributed by atoms with E-state index in [1.165, 1.54) is 10.9 Å². The molecule has 0 bridgehead atoms. The van der Waals surface area contributed by atoms with Gasteiger partial charge >= 0.3 is 5.97 Å². The molecule has 0 saturated heterocycles. The molecular formula is C9H9F2N5O2. The Morgan fingerprint density at radius 3 is 2.78 bits per heavy atom. The number of hydrogen-bond donors (Lipinski definition) is 1. The van der Waals surface area contributed by atoms with Gasteiger partial charge in [-0.3, -0.25) is 4.68 Å². The molecule has 0 aliphatic heterocycles. The summed E-state index contributed by atoms with van der Waals surface area (Å²) in [7, 11) is 1.65. The SMILES string of the molecule is Cn1nccc1Cn1nnc(C(=O)O)c1C(F)F. The van der Waals surface area contributed by atoms with Gasteiger partial charge in [0.2, 0.25) is 0 Å². The van der Waals surface area contributed by atoms with E-state index in [1.807, 2.05) is 0 Å². The van der Waals surface area contributed by atoms with E-state index >= 15 is 0 Å². The Morgan fingerprint density at radius 2 is 2.28 bits per heavy atom.